The Morgan fingerprint density at radius 3 is 2.86 bits per heavy atom. The molecule has 6 heteroatoms. The fourth-order valence-electron chi connectivity index (χ4n) is 2.89. The van der Waals surface area contributed by atoms with Gasteiger partial charge < -0.3 is 10.0 Å². The van der Waals surface area contributed by atoms with E-state index in [4.69, 9.17) is 5.11 Å². The molecule has 22 heavy (non-hydrogen) atoms. The van der Waals surface area contributed by atoms with Crippen LogP contribution < -0.4 is 0 Å². The number of hydrogen-bond donors (Lipinski definition) is 1. The third-order valence-electron chi connectivity index (χ3n) is 3.97. The van der Waals surface area contributed by atoms with E-state index in [2.05, 4.69) is 23.4 Å². The van der Waals surface area contributed by atoms with Gasteiger partial charge in [0.1, 0.15) is 5.69 Å². The first-order valence-electron chi connectivity index (χ1n) is 7.18. The molecule has 2 aromatic rings. The lowest BCUT2D eigenvalue weighted by Crippen LogP contribution is -2.39. The van der Waals surface area contributed by atoms with Crippen LogP contribution in [0.4, 0.5) is 0 Å². The first-order chi connectivity index (χ1) is 10.6. The minimum absolute atomic E-state index is 0.0534. The Morgan fingerprint density at radius 1 is 1.41 bits per heavy atom. The van der Waals surface area contributed by atoms with Crippen molar-refractivity contribution in [2.75, 3.05) is 6.54 Å². The summed E-state index contributed by atoms with van der Waals surface area (Å²) >= 11 is 1.74. The largest absolute Gasteiger partial charge is 0.477 e. The Bertz CT molecular complexity index is 708. The van der Waals surface area contributed by atoms with Gasteiger partial charge in [0.25, 0.3) is 5.91 Å². The van der Waals surface area contributed by atoms with Gasteiger partial charge in [-0.1, -0.05) is 6.92 Å². The van der Waals surface area contributed by atoms with Crippen molar-refractivity contribution < 1.29 is 14.7 Å². The number of aromatic carboxylic acids is 1. The standard InChI is InChI=1S/C16H16N2O3S/c1-2-13-11-6-8-22-14(11)5-7-18(13)15(19)10-3-4-12(16(20)21)17-9-10/h3-4,6,8-9,13H,2,5,7H2,1H3,(H,20,21)/t13-/m0/s1. The van der Waals surface area contributed by atoms with Crippen molar-refractivity contribution in [3.63, 3.8) is 0 Å². The fraction of sp³-hybridized carbons (Fsp3) is 0.312. The van der Waals surface area contributed by atoms with Crippen LogP contribution in [0, 0.1) is 0 Å². The van der Waals surface area contributed by atoms with Gasteiger partial charge in [-0.2, -0.15) is 0 Å². The van der Waals surface area contributed by atoms with Gasteiger partial charge in [0.2, 0.25) is 0 Å². The molecule has 2 aromatic heterocycles. The molecule has 0 radical (unpaired) electrons. The topological polar surface area (TPSA) is 70.5 Å². The predicted molar refractivity (Wildman–Crippen MR) is 83.3 cm³/mol. The van der Waals surface area contributed by atoms with Gasteiger partial charge in [0.05, 0.1) is 11.6 Å². The summed E-state index contributed by atoms with van der Waals surface area (Å²) in [5.74, 6) is -1.18. The number of rotatable bonds is 3. The Morgan fingerprint density at radius 2 is 2.23 bits per heavy atom. The molecule has 1 amide bonds. The van der Waals surface area contributed by atoms with E-state index in [0.29, 0.717) is 12.1 Å². The Hall–Kier alpha value is -2.21. The quantitative estimate of drug-likeness (QED) is 0.945. The predicted octanol–water partition coefficient (Wildman–Crippen LogP) is 2.99. The molecule has 1 atom stereocenters. The van der Waals surface area contributed by atoms with Gasteiger partial charge in [-0.25, -0.2) is 9.78 Å². The van der Waals surface area contributed by atoms with E-state index in [9.17, 15) is 9.59 Å². The lowest BCUT2D eigenvalue weighted by molar-refractivity contribution is 0.0651. The lowest BCUT2D eigenvalue weighted by atomic mass is 9.97. The molecule has 0 unspecified atom stereocenters. The second-order valence-electron chi connectivity index (χ2n) is 5.21. The first-order valence-corrected chi connectivity index (χ1v) is 8.06. The highest BCUT2D eigenvalue weighted by molar-refractivity contribution is 7.10. The van der Waals surface area contributed by atoms with Crippen molar-refractivity contribution in [2.24, 2.45) is 0 Å². The van der Waals surface area contributed by atoms with E-state index in [0.717, 1.165) is 12.8 Å². The van der Waals surface area contributed by atoms with Gasteiger partial charge in [-0.15, -0.1) is 11.3 Å². The summed E-state index contributed by atoms with van der Waals surface area (Å²) in [5.41, 5.74) is 1.62. The van der Waals surface area contributed by atoms with Crippen molar-refractivity contribution >= 4 is 23.2 Å². The van der Waals surface area contributed by atoms with Crippen LogP contribution in [-0.2, 0) is 6.42 Å². The number of thiophene rings is 1. The summed E-state index contributed by atoms with van der Waals surface area (Å²) in [4.78, 5) is 30.6. The number of carbonyl (C=O) groups is 2. The van der Waals surface area contributed by atoms with Gasteiger partial charge >= 0.3 is 5.97 Å². The highest BCUT2D eigenvalue weighted by atomic mass is 32.1. The maximum atomic E-state index is 12.7. The van der Waals surface area contributed by atoms with Crippen molar-refractivity contribution in [3.8, 4) is 0 Å². The summed E-state index contributed by atoms with van der Waals surface area (Å²) in [6.45, 7) is 2.76. The van der Waals surface area contributed by atoms with Crippen LogP contribution in [0.25, 0.3) is 0 Å². The number of pyridine rings is 1. The van der Waals surface area contributed by atoms with Gasteiger partial charge in [-0.05, 0) is 42.0 Å². The molecular formula is C16H16N2O3S. The molecule has 0 fully saturated rings. The van der Waals surface area contributed by atoms with E-state index in [1.807, 2.05) is 4.90 Å². The number of carboxylic acids is 1. The summed E-state index contributed by atoms with van der Waals surface area (Å²) in [6.07, 6.45) is 3.08. The Labute approximate surface area is 132 Å². The van der Waals surface area contributed by atoms with E-state index < -0.39 is 5.97 Å². The van der Waals surface area contributed by atoms with Gasteiger partial charge in [0, 0.05) is 17.6 Å². The van der Waals surface area contributed by atoms with Crippen LogP contribution in [0.1, 0.15) is 50.7 Å². The third kappa shape index (κ3) is 2.50. The van der Waals surface area contributed by atoms with E-state index in [-0.39, 0.29) is 17.6 Å². The van der Waals surface area contributed by atoms with Crippen LogP contribution in [0.2, 0.25) is 0 Å². The van der Waals surface area contributed by atoms with E-state index in [1.54, 1.807) is 11.3 Å². The molecule has 0 saturated heterocycles. The smallest absolute Gasteiger partial charge is 0.354 e. The number of aromatic nitrogens is 1. The highest BCUT2D eigenvalue weighted by Crippen LogP contribution is 2.35. The molecule has 1 aliphatic heterocycles. The lowest BCUT2D eigenvalue weighted by Gasteiger charge is -2.35. The van der Waals surface area contributed by atoms with Gasteiger partial charge in [-0.3, -0.25) is 4.79 Å². The molecule has 1 N–H and O–H groups in total. The number of carbonyl (C=O) groups excluding carboxylic acids is 1. The molecule has 0 spiro atoms. The van der Waals surface area contributed by atoms with Crippen LogP contribution in [0.15, 0.2) is 29.8 Å². The highest BCUT2D eigenvalue weighted by Gasteiger charge is 2.31. The molecule has 3 rings (SSSR count). The Balaban J connectivity index is 1.87. The zero-order valence-electron chi connectivity index (χ0n) is 12.2. The van der Waals surface area contributed by atoms with Gasteiger partial charge in [0.15, 0.2) is 0 Å². The average molecular weight is 316 g/mol. The summed E-state index contributed by atoms with van der Waals surface area (Å²) in [6, 6.07) is 5.09. The normalized spacial score (nSPS) is 17.1. The van der Waals surface area contributed by atoms with Crippen molar-refractivity contribution in [1.29, 1.82) is 0 Å². The number of fused-ring (bicyclic) bond motifs is 1. The maximum Gasteiger partial charge on any atom is 0.354 e. The zero-order valence-corrected chi connectivity index (χ0v) is 13.0. The Kier molecular flexibility index (Phi) is 3.94. The second-order valence-corrected chi connectivity index (χ2v) is 6.21. The molecule has 0 bridgehead atoms. The molecule has 3 heterocycles. The zero-order chi connectivity index (χ0) is 15.7. The molecule has 5 nitrogen and oxygen atoms in total. The number of nitrogens with zero attached hydrogens (tertiary/aromatic N) is 2. The number of carboxylic acid groups (broad SMARTS) is 1. The minimum Gasteiger partial charge on any atom is -0.477 e. The van der Waals surface area contributed by atoms with Crippen molar-refractivity contribution in [3.05, 3.63) is 51.5 Å². The van der Waals surface area contributed by atoms with Crippen LogP contribution in [-0.4, -0.2) is 33.4 Å². The van der Waals surface area contributed by atoms with Crippen LogP contribution >= 0.6 is 11.3 Å². The molecule has 0 aromatic carbocycles. The molecule has 114 valence electrons. The molecule has 0 saturated carbocycles. The van der Waals surface area contributed by atoms with Crippen LogP contribution in [0.3, 0.4) is 0 Å². The number of hydrogen-bond acceptors (Lipinski definition) is 4. The molecule has 0 aliphatic carbocycles. The second kappa shape index (κ2) is 5.88. The minimum atomic E-state index is -1.09. The number of amides is 1. The third-order valence-corrected chi connectivity index (χ3v) is 4.97. The monoisotopic (exact) mass is 316 g/mol. The first kappa shape index (κ1) is 14.7. The van der Waals surface area contributed by atoms with E-state index >= 15 is 0 Å². The molecule has 1 aliphatic rings. The SMILES string of the molecule is CC[C@H]1c2ccsc2CCN1C(=O)c1ccc(C(=O)O)nc1. The maximum absolute atomic E-state index is 12.7. The summed E-state index contributed by atoms with van der Waals surface area (Å²) in [5, 5.41) is 10.9. The van der Waals surface area contributed by atoms with Crippen LogP contribution in [0.5, 0.6) is 0 Å². The summed E-state index contributed by atoms with van der Waals surface area (Å²) < 4.78 is 0. The molecular weight excluding hydrogens is 300 g/mol. The average Bonchev–Trinajstić information content (AvgIpc) is 3.01. The fourth-order valence-corrected chi connectivity index (χ4v) is 3.82. The summed E-state index contributed by atoms with van der Waals surface area (Å²) in [7, 11) is 0. The van der Waals surface area contributed by atoms with Crippen molar-refractivity contribution in [2.45, 2.75) is 25.8 Å². The van der Waals surface area contributed by atoms with Crippen molar-refractivity contribution in [1.82, 2.24) is 9.88 Å². The van der Waals surface area contributed by atoms with E-state index in [1.165, 1.54) is 28.8 Å².